The first kappa shape index (κ1) is 26.4. The third kappa shape index (κ3) is 7.55. The topological polar surface area (TPSA) is 92.8 Å². The molecular formula is C23H38NO5P. The number of phenolic OH excluding ortho intramolecular Hbond substituents is 1. The molecule has 6 nitrogen and oxygen atoms in total. The van der Waals surface area contributed by atoms with E-state index in [0.717, 1.165) is 48.5 Å². The molecule has 1 aliphatic carbocycles. The second-order valence-electron chi connectivity index (χ2n) is 8.36. The number of rotatable bonds is 9. The second-order valence-corrected chi connectivity index (χ2v) is 9.89. The first-order valence-corrected chi connectivity index (χ1v) is 12.6. The van der Waals surface area contributed by atoms with Gasteiger partial charge in [-0.25, -0.2) is 0 Å². The number of allylic oxidation sites excluding steroid dienone is 2. The van der Waals surface area contributed by atoms with Crippen molar-refractivity contribution in [1.29, 1.82) is 0 Å². The Labute approximate surface area is 182 Å². The van der Waals surface area contributed by atoms with Gasteiger partial charge in [0.15, 0.2) is 0 Å². The molecule has 7 heteroatoms. The lowest BCUT2D eigenvalue weighted by molar-refractivity contribution is -0.757. The largest absolute Gasteiger partial charge is 0.508 e. The Hall–Kier alpha value is -1.65. The van der Waals surface area contributed by atoms with Crippen LogP contribution in [0.15, 0.2) is 23.8 Å². The van der Waals surface area contributed by atoms with Gasteiger partial charge in [-0.3, -0.25) is 0 Å². The van der Waals surface area contributed by atoms with E-state index in [4.69, 9.17) is 0 Å². The highest BCUT2D eigenvalue weighted by Gasteiger charge is 2.27. The first-order valence-electron chi connectivity index (χ1n) is 10.9. The molecule has 2 rings (SSSR count). The van der Waals surface area contributed by atoms with Crippen molar-refractivity contribution in [3.8, 4) is 5.75 Å². The summed E-state index contributed by atoms with van der Waals surface area (Å²) in [6.45, 7) is 12.2. The summed E-state index contributed by atoms with van der Waals surface area (Å²) in [6.07, 6.45) is 7.59. The van der Waals surface area contributed by atoms with E-state index in [1.54, 1.807) is 6.66 Å². The summed E-state index contributed by atoms with van der Waals surface area (Å²) in [7, 11) is -1.35. The zero-order valence-electron chi connectivity index (χ0n) is 19.3. The fourth-order valence-electron chi connectivity index (χ4n) is 3.95. The minimum atomic E-state index is -1.35. The summed E-state index contributed by atoms with van der Waals surface area (Å²) >= 11 is 0. The predicted molar refractivity (Wildman–Crippen MR) is 124 cm³/mol. The van der Waals surface area contributed by atoms with Crippen molar-refractivity contribution in [3.63, 3.8) is 0 Å². The van der Waals surface area contributed by atoms with Gasteiger partial charge in [-0.15, -0.1) is 10.1 Å². The number of phenols is 1. The highest BCUT2D eigenvalue weighted by Crippen LogP contribution is 2.42. The molecule has 2 unspecified atom stereocenters. The molecule has 1 aromatic carbocycles. The lowest BCUT2D eigenvalue weighted by atomic mass is 9.78. The molecule has 2 atom stereocenters. The number of hydrogen-bond donors (Lipinski definition) is 2. The maximum absolute atomic E-state index is 10.9. The molecule has 0 fully saturated rings. The zero-order chi connectivity index (χ0) is 22.9. The van der Waals surface area contributed by atoms with E-state index in [9.17, 15) is 20.1 Å². The maximum atomic E-state index is 10.9. The quantitative estimate of drug-likeness (QED) is 0.163. The summed E-state index contributed by atoms with van der Waals surface area (Å²) in [6, 6.07) is 3.88. The third-order valence-corrected chi connectivity index (χ3v) is 6.67. The molecule has 0 saturated carbocycles. The molecule has 0 aromatic heterocycles. The van der Waals surface area contributed by atoms with Crippen molar-refractivity contribution in [2.75, 3.05) is 13.3 Å². The molecular weight excluding hydrogens is 401 g/mol. The van der Waals surface area contributed by atoms with E-state index in [0.29, 0.717) is 6.42 Å². The second kappa shape index (κ2) is 12.3. The van der Waals surface area contributed by atoms with Crippen molar-refractivity contribution in [3.05, 3.63) is 45.0 Å². The zero-order valence-corrected chi connectivity index (χ0v) is 20.2. The molecule has 0 heterocycles. The van der Waals surface area contributed by atoms with Crippen molar-refractivity contribution in [2.24, 2.45) is 0 Å². The smallest absolute Gasteiger partial charge is 0.294 e. The monoisotopic (exact) mass is 439 g/mol. The minimum Gasteiger partial charge on any atom is -0.508 e. The van der Waals surface area contributed by atoms with Crippen LogP contribution >= 0.6 is 8.15 Å². The lowest BCUT2D eigenvalue weighted by Crippen LogP contribution is -2.22. The summed E-state index contributed by atoms with van der Waals surface area (Å²) < 4.78 is 0. The van der Waals surface area contributed by atoms with Gasteiger partial charge in [0.25, 0.3) is 5.09 Å². The molecule has 170 valence electrons. The SMILES string of the molecule is CC.CC1=CC(c2c(O)cc(C(C)(C)CCCCO[N+](=O)[O-])cc2P(C)O)CCC1. The lowest BCUT2D eigenvalue weighted by Gasteiger charge is -2.30. The molecule has 0 saturated heterocycles. The fraction of sp³-hybridized carbons (Fsp3) is 0.652. The third-order valence-electron chi connectivity index (χ3n) is 5.60. The molecule has 1 aromatic rings. The molecule has 1 aliphatic rings. The Bertz CT molecular complexity index is 731. The number of benzene rings is 1. The molecule has 0 aliphatic heterocycles. The predicted octanol–water partition coefficient (Wildman–Crippen LogP) is 5.93. The summed E-state index contributed by atoms with van der Waals surface area (Å²) in [4.78, 5) is 25.1. The average Bonchev–Trinajstić information content (AvgIpc) is 2.68. The Balaban J connectivity index is 0.00000218. The van der Waals surface area contributed by atoms with Gasteiger partial charge in [-0.2, -0.15) is 0 Å². The van der Waals surface area contributed by atoms with Crippen molar-refractivity contribution in [1.82, 2.24) is 0 Å². The fourth-order valence-corrected chi connectivity index (χ4v) is 4.91. The van der Waals surface area contributed by atoms with E-state index < -0.39 is 13.2 Å². The molecule has 30 heavy (non-hydrogen) atoms. The molecule has 0 bridgehead atoms. The van der Waals surface area contributed by atoms with E-state index in [-0.39, 0.29) is 23.7 Å². The summed E-state index contributed by atoms with van der Waals surface area (Å²) in [5.41, 5.74) is 2.97. The Kier molecular flexibility index (Phi) is 10.8. The van der Waals surface area contributed by atoms with Crippen LogP contribution in [0.4, 0.5) is 0 Å². The van der Waals surface area contributed by atoms with E-state index in [1.807, 2.05) is 26.0 Å². The standard InChI is InChI=1S/C21H32NO5P.C2H6/c1-15-8-7-9-16(12-15)20-18(23)13-17(14-19(20)28(4)26)21(2,3)10-5-6-11-27-22(24)25;1-2/h12-14,16,23,26H,5-11H2,1-4H3;1-2H3. The van der Waals surface area contributed by atoms with E-state index >= 15 is 0 Å². The van der Waals surface area contributed by atoms with Crippen LogP contribution in [0.2, 0.25) is 0 Å². The number of nitrogens with zero attached hydrogens (tertiary/aromatic N) is 1. The molecule has 2 N–H and O–H groups in total. The summed E-state index contributed by atoms with van der Waals surface area (Å²) in [5.74, 6) is 0.411. The van der Waals surface area contributed by atoms with Gasteiger partial charge in [-0.05, 0) is 68.8 Å². The van der Waals surface area contributed by atoms with Gasteiger partial charge in [0.2, 0.25) is 0 Å². The van der Waals surface area contributed by atoms with Crippen LogP contribution in [0.5, 0.6) is 5.75 Å². The van der Waals surface area contributed by atoms with Gasteiger partial charge in [0.05, 0.1) is 14.8 Å². The molecule has 0 radical (unpaired) electrons. The number of hydrogen-bond acceptors (Lipinski definition) is 5. The Morgan fingerprint density at radius 1 is 1.30 bits per heavy atom. The van der Waals surface area contributed by atoms with Crippen LogP contribution in [0.25, 0.3) is 0 Å². The summed E-state index contributed by atoms with van der Waals surface area (Å²) in [5, 5.41) is 21.2. The van der Waals surface area contributed by atoms with Crippen LogP contribution in [0, 0.1) is 10.1 Å². The average molecular weight is 440 g/mol. The van der Waals surface area contributed by atoms with Crippen molar-refractivity contribution in [2.45, 2.75) is 84.5 Å². The maximum Gasteiger partial charge on any atom is 0.294 e. The highest BCUT2D eigenvalue weighted by atomic mass is 31.1. The van der Waals surface area contributed by atoms with Crippen LogP contribution in [0.1, 0.15) is 90.2 Å². The van der Waals surface area contributed by atoms with Crippen LogP contribution in [-0.4, -0.2) is 28.4 Å². The van der Waals surface area contributed by atoms with Crippen molar-refractivity contribution < 1.29 is 19.9 Å². The van der Waals surface area contributed by atoms with E-state index in [1.165, 1.54) is 5.57 Å². The van der Waals surface area contributed by atoms with Crippen molar-refractivity contribution >= 4 is 13.5 Å². The van der Waals surface area contributed by atoms with Crippen LogP contribution < -0.4 is 5.30 Å². The highest BCUT2D eigenvalue weighted by molar-refractivity contribution is 7.59. The van der Waals surface area contributed by atoms with Gasteiger partial charge in [-0.1, -0.05) is 45.8 Å². The normalized spacial score (nSPS) is 17.4. The van der Waals surface area contributed by atoms with Crippen LogP contribution in [-0.2, 0) is 10.3 Å². The van der Waals surface area contributed by atoms with E-state index in [2.05, 4.69) is 31.7 Å². The van der Waals surface area contributed by atoms with Gasteiger partial charge < -0.3 is 14.8 Å². The first-order chi connectivity index (χ1) is 14.1. The van der Waals surface area contributed by atoms with Crippen LogP contribution in [0.3, 0.4) is 0 Å². The van der Waals surface area contributed by atoms with Gasteiger partial charge in [0.1, 0.15) is 5.75 Å². The Morgan fingerprint density at radius 3 is 2.53 bits per heavy atom. The van der Waals surface area contributed by atoms with Gasteiger partial charge >= 0.3 is 0 Å². The molecule has 0 amide bonds. The minimum absolute atomic E-state index is 0.1000. The Morgan fingerprint density at radius 2 is 1.97 bits per heavy atom. The van der Waals surface area contributed by atoms with Gasteiger partial charge in [0, 0.05) is 16.8 Å². The number of aromatic hydroxyl groups is 1. The number of unbranched alkanes of at least 4 members (excludes halogenated alkanes) is 1. The molecule has 0 spiro atoms.